The number of amides is 3. The molecule has 0 aromatic heterocycles. The quantitative estimate of drug-likeness (QED) is 0.569. The normalized spacial score (nSPS) is 14.3. The number of anilines is 2. The van der Waals surface area contributed by atoms with Gasteiger partial charge in [0.2, 0.25) is 0 Å². The van der Waals surface area contributed by atoms with E-state index in [1.54, 1.807) is 24.3 Å². The lowest BCUT2D eigenvalue weighted by atomic mass is 9.71. The van der Waals surface area contributed by atoms with E-state index < -0.39 is 0 Å². The Balaban J connectivity index is 1.38. The van der Waals surface area contributed by atoms with Crippen molar-refractivity contribution in [3.63, 3.8) is 0 Å². The molecule has 3 N–H and O–H groups in total. The minimum absolute atomic E-state index is 0.103. The lowest BCUT2D eigenvalue weighted by Crippen LogP contribution is -2.50. The molecule has 0 heterocycles. The maximum atomic E-state index is 12.8. The highest BCUT2D eigenvalue weighted by molar-refractivity contribution is 6.00. The highest BCUT2D eigenvalue weighted by atomic mass is 16.2. The fourth-order valence-corrected chi connectivity index (χ4v) is 3.58. The molecule has 0 aliphatic heterocycles. The molecular weight excluding hydrogens is 362 g/mol. The van der Waals surface area contributed by atoms with E-state index >= 15 is 0 Å². The molecule has 3 aromatic rings. The fourth-order valence-electron chi connectivity index (χ4n) is 3.58. The second kappa shape index (κ2) is 8.19. The lowest BCUT2D eigenvalue weighted by molar-refractivity contribution is 0.0823. The standard InChI is InChI=1S/C24H23N3O2/c28-22(27-24(16-7-17-24)19-8-3-1-4-9-19)18-12-14-21(15-13-18)26-23(29)25-20-10-5-2-6-11-20/h1-6,8-15H,7,16-17H2,(H,27,28)(H2,25,26,29). The Morgan fingerprint density at radius 2 is 1.24 bits per heavy atom. The Kier molecular flexibility index (Phi) is 5.29. The van der Waals surface area contributed by atoms with Crippen molar-refractivity contribution in [2.24, 2.45) is 0 Å². The molecule has 4 rings (SSSR count). The summed E-state index contributed by atoms with van der Waals surface area (Å²) in [4.78, 5) is 24.9. The summed E-state index contributed by atoms with van der Waals surface area (Å²) in [5, 5.41) is 8.75. The first-order chi connectivity index (χ1) is 14.1. The molecule has 0 radical (unpaired) electrons. The minimum Gasteiger partial charge on any atom is -0.343 e. The van der Waals surface area contributed by atoms with E-state index in [0.29, 0.717) is 16.9 Å². The lowest BCUT2D eigenvalue weighted by Gasteiger charge is -2.43. The molecule has 1 saturated carbocycles. The average Bonchev–Trinajstić information content (AvgIpc) is 2.72. The third kappa shape index (κ3) is 4.29. The van der Waals surface area contributed by atoms with Crippen molar-refractivity contribution in [3.05, 3.63) is 96.1 Å². The van der Waals surface area contributed by atoms with Crippen LogP contribution in [-0.4, -0.2) is 11.9 Å². The van der Waals surface area contributed by atoms with Crippen LogP contribution in [0, 0.1) is 0 Å². The van der Waals surface area contributed by atoms with E-state index in [4.69, 9.17) is 0 Å². The van der Waals surface area contributed by atoms with Gasteiger partial charge in [0, 0.05) is 16.9 Å². The van der Waals surface area contributed by atoms with Crippen LogP contribution in [0.3, 0.4) is 0 Å². The summed E-state index contributed by atoms with van der Waals surface area (Å²) in [6, 6.07) is 25.9. The first-order valence-corrected chi connectivity index (χ1v) is 9.76. The summed E-state index contributed by atoms with van der Waals surface area (Å²) in [5.41, 5.74) is 2.78. The fraction of sp³-hybridized carbons (Fsp3) is 0.167. The smallest absolute Gasteiger partial charge is 0.323 e. The van der Waals surface area contributed by atoms with Gasteiger partial charge in [-0.15, -0.1) is 0 Å². The molecule has 3 aromatic carbocycles. The maximum Gasteiger partial charge on any atom is 0.323 e. The van der Waals surface area contributed by atoms with Crippen molar-refractivity contribution in [1.29, 1.82) is 0 Å². The van der Waals surface area contributed by atoms with E-state index in [2.05, 4.69) is 28.1 Å². The van der Waals surface area contributed by atoms with Crippen LogP contribution < -0.4 is 16.0 Å². The SMILES string of the molecule is O=C(Nc1ccccc1)Nc1ccc(C(=O)NC2(c3ccccc3)CCC2)cc1. The Morgan fingerprint density at radius 1 is 0.690 bits per heavy atom. The predicted molar refractivity (Wildman–Crippen MR) is 115 cm³/mol. The number of hydrogen-bond donors (Lipinski definition) is 3. The van der Waals surface area contributed by atoms with Crippen molar-refractivity contribution in [3.8, 4) is 0 Å². The summed E-state index contributed by atoms with van der Waals surface area (Å²) < 4.78 is 0. The molecule has 29 heavy (non-hydrogen) atoms. The van der Waals surface area contributed by atoms with Crippen molar-refractivity contribution in [1.82, 2.24) is 5.32 Å². The molecule has 1 aliphatic carbocycles. The number of rotatable bonds is 5. The maximum absolute atomic E-state index is 12.8. The van der Waals surface area contributed by atoms with Gasteiger partial charge in [-0.05, 0) is 61.2 Å². The molecule has 0 spiro atoms. The Morgan fingerprint density at radius 3 is 1.79 bits per heavy atom. The first kappa shape index (κ1) is 18.7. The summed E-state index contributed by atoms with van der Waals surface area (Å²) in [6.07, 6.45) is 3.00. The van der Waals surface area contributed by atoms with Crippen molar-refractivity contribution < 1.29 is 9.59 Å². The van der Waals surface area contributed by atoms with E-state index in [1.807, 2.05) is 48.5 Å². The van der Waals surface area contributed by atoms with Crippen LogP contribution in [-0.2, 0) is 5.54 Å². The third-order valence-corrected chi connectivity index (χ3v) is 5.32. The van der Waals surface area contributed by atoms with Gasteiger partial charge >= 0.3 is 6.03 Å². The van der Waals surface area contributed by atoms with E-state index in [0.717, 1.165) is 24.8 Å². The molecular formula is C24H23N3O2. The third-order valence-electron chi connectivity index (χ3n) is 5.32. The molecule has 3 amide bonds. The molecule has 1 fully saturated rings. The number of hydrogen-bond acceptors (Lipinski definition) is 2. The van der Waals surface area contributed by atoms with Gasteiger partial charge in [-0.1, -0.05) is 48.5 Å². The first-order valence-electron chi connectivity index (χ1n) is 9.76. The van der Waals surface area contributed by atoms with Crippen LogP contribution in [0.2, 0.25) is 0 Å². The van der Waals surface area contributed by atoms with Gasteiger partial charge in [-0.2, -0.15) is 0 Å². The zero-order valence-corrected chi connectivity index (χ0v) is 16.0. The second-order valence-corrected chi connectivity index (χ2v) is 7.28. The molecule has 5 nitrogen and oxygen atoms in total. The largest absolute Gasteiger partial charge is 0.343 e. The minimum atomic E-state index is -0.328. The second-order valence-electron chi connectivity index (χ2n) is 7.28. The molecule has 5 heteroatoms. The predicted octanol–water partition coefficient (Wildman–Crippen LogP) is 5.14. The molecule has 0 atom stereocenters. The highest BCUT2D eigenvalue weighted by Gasteiger charge is 2.39. The van der Waals surface area contributed by atoms with Gasteiger partial charge < -0.3 is 16.0 Å². The summed E-state index contributed by atoms with van der Waals surface area (Å²) in [7, 11) is 0. The van der Waals surface area contributed by atoms with Crippen LogP contribution in [0.4, 0.5) is 16.2 Å². The zero-order chi connectivity index (χ0) is 20.1. The Labute approximate surface area is 170 Å². The van der Waals surface area contributed by atoms with Gasteiger partial charge in [-0.25, -0.2) is 4.79 Å². The van der Waals surface area contributed by atoms with Gasteiger partial charge in [0.05, 0.1) is 5.54 Å². The number of carbonyl (C=O) groups excluding carboxylic acids is 2. The number of para-hydroxylation sites is 1. The Bertz CT molecular complexity index is 982. The van der Waals surface area contributed by atoms with Crippen LogP contribution in [0.15, 0.2) is 84.9 Å². The van der Waals surface area contributed by atoms with Gasteiger partial charge in [0.25, 0.3) is 5.91 Å². The van der Waals surface area contributed by atoms with Crippen molar-refractivity contribution >= 4 is 23.3 Å². The molecule has 0 unspecified atom stereocenters. The monoisotopic (exact) mass is 385 g/mol. The van der Waals surface area contributed by atoms with E-state index in [-0.39, 0.29) is 17.5 Å². The summed E-state index contributed by atoms with van der Waals surface area (Å²) in [5.74, 6) is -0.103. The van der Waals surface area contributed by atoms with Crippen LogP contribution in [0.25, 0.3) is 0 Å². The average molecular weight is 385 g/mol. The van der Waals surface area contributed by atoms with Crippen LogP contribution >= 0.6 is 0 Å². The number of nitrogens with one attached hydrogen (secondary N) is 3. The van der Waals surface area contributed by atoms with Crippen LogP contribution in [0.5, 0.6) is 0 Å². The zero-order valence-electron chi connectivity index (χ0n) is 16.0. The van der Waals surface area contributed by atoms with Crippen molar-refractivity contribution in [2.75, 3.05) is 10.6 Å². The van der Waals surface area contributed by atoms with Crippen LogP contribution in [0.1, 0.15) is 35.2 Å². The summed E-state index contributed by atoms with van der Waals surface area (Å²) >= 11 is 0. The van der Waals surface area contributed by atoms with E-state index in [9.17, 15) is 9.59 Å². The number of benzene rings is 3. The Hall–Kier alpha value is -3.60. The molecule has 0 saturated heterocycles. The number of carbonyl (C=O) groups is 2. The molecule has 1 aliphatic rings. The van der Waals surface area contributed by atoms with Gasteiger partial charge in [0.1, 0.15) is 0 Å². The number of urea groups is 1. The van der Waals surface area contributed by atoms with E-state index in [1.165, 1.54) is 0 Å². The van der Waals surface area contributed by atoms with Gasteiger partial charge in [0.15, 0.2) is 0 Å². The summed E-state index contributed by atoms with van der Waals surface area (Å²) in [6.45, 7) is 0. The van der Waals surface area contributed by atoms with Crippen molar-refractivity contribution in [2.45, 2.75) is 24.8 Å². The molecule has 146 valence electrons. The van der Waals surface area contributed by atoms with Gasteiger partial charge in [-0.3, -0.25) is 4.79 Å². The topological polar surface area (TPSA) is 70.2 Å². The molecule has 0 bridgehead atoms. The highest BCUT2D eigenvalue weighted by Crippen LogP contribution is 2.41.